The zero-order chi connectivity index (χ0) is 23.7. The standard InChI is InChI=1S/C29H32N4S/c1-5-29(3,4)23-15-16-25-24(17-23)26-27(30-18-31-28(26)34-25)33-32-19(2)20-11-13-22(14-12-20)21-9-7-6-8-10-21/h6-14,18,23H,5,15-17H2,1-4H3,(H,30,31,33)/b32-19-/t23-/m1/s1. The summed E-state index contributed by atoms with van der Waals surface area (Å²) in [6.45, 7) is 9.15. The Bertz CT molecular complexity index is 1320. The minimum absolute atomic E-state index is 0.343. The average molecular weight is 469 g/mol. The lowest BCUT2D eigenvalue weighted by Crippen LogP contribution is -2.28. The number of hydrazone groups is 1. The average Bonchev–Trinajstić information content (AvgIpc) is 3.26. The fourth-order valence-electron chi connectivity index (χ4n) is 4.88. The molecule has 0 spiro atoms. The number of thiophene rings is 1. The summed E-state index contributed by atoms with van der Waals surface area (Å²) in [7, 11) is 0. The van der Waals surface area contributed by atoms with Gasteiger partial charge in [0.25, 0.3) is 0 Å². The van der Waals surface area contributed by atoms with E-state index in [2.05, 4.69) is 84.7 Å². The van der Waals surface area contributed by atoms with Gasteiger partial charge in [-0.3, -0.25) is 5.43 Å². The molecule has 1 N–H and O–H groups in total. The summed E-state index contributed by atoms with van der Waals surface area (Å²) in [6, 6.07) is 19.0. The number of hydrogen-bond acceptors (Lipinski definition) is 5. The van der Waals surface area contributed by atoms with Crippen LogP contribution in [0.15, 0.2) is 66.0 Å². The van der Waals surface area contributed by atoms with Crippen molar-refractivity contribution in [1.82, 2.24) is 9.97 Å². The van der Waals surface area contributed by atoms with E-state index in [0.29, 0.717) is 11.3 Å². The summed E-state index contributed by atoms with van der Waals surface area (Å²) < 4.78 is 0. The van der Waals surface area contributed by atoms with Crippen LogP contribution in [0.1, 0.15) is 56.5 Å². The van der Waals surface area contributed by atoms with E-state index in [1.54, 1.807) is 6.33 Å². The van der Waals surface area contributed by atoms with E-state index < -0.39 is 0 Å². The second-order valence-corrected chi connectivity index (χ2v) is 11.0. The van der Waals surface area contributed by atoms with E-state index in [1.807, 2.05) is 24.3 Å². The molecule has 2 aromatic carbocycles. The van der Waals surface area contributed by atoms with Gasteiger partial charge in [-0.2, -0.15) is 5.10 Å². The Morgan fingerprint density at radius 1 is 1.06 bits per heavy atom. The van der Waals surface area contributed by atoms with Crippen LogP contribution in [-0.4, -0.2) is 15.7 Å². The third-order valence-electron chi connectivity index (χ3n) is 7.60. The predicted molar refractivity (Wildman–Crippen MR) is 145 cm³/mol. The minimum atomic E-state index is 0.343. The molecule has 0 unspecified atom stereocenters. The molecule has 5 rings (SSSR count). The molecule has 0 fully saturated rings. The third kappa shape index (κ3) is 4.37. The Kier molecular flexibility index (Phi) is 6.22. The summed E-state index contributed by atoms with van der Waals surface area (Å²) in [6.07, 6.45) is 6.34. The molecular formula is C29H32N4S. The van der Waals surface area contributed by atoms with Crippen molar-refractivity contribution in [2.75, 3.05) is 5.43 Å². The van der Waals surface area contributed by atoms with Gasteiger partial charge in [0.1, 0.15) is 11.2 Å². The van der Waals surface area contributed by atoms with E-state index >= 15 is 0 Å². The molecule has 4 nitrogen and oxygen atoms in total. The van der Waals surface area contributed by atoms with Gasteiger partial charge in [0, 0.05) is 4.88 Å². The number of nitrogens with zero attached hydrogens (tertiary/aromatic N) is 3. The first-order valence-corrected chi connectivity index (χ1v) is 13.0. The number of anilines is 1. The molecule has 0 aliphatic heterocycles. The Hall–Kier alpha value is -3.05. The van der Waals surface area contributed by atoms with Crippen LogP contribution in [0.5, 0.6) is 0 Å². The number of rotatable bonds is 6. The topological polar surface area (TPSA) is 50.2 Å². The van der Waals surface area contributed by atoms with E-state index in [4.69, 9.17) is 5.10 Å². The van der Waals surface area contributed by atoms with Gasteiger partial charge in [-0.1, -0.05) is 81.8 Å². The maximum absolute atomic E-state index is 4.71. The van der Waals surface area contributed by atoms with Gasteiger partial charge in [-0.05, 0) is 59.8 Å². The molecule has 2 heterocycles. The van der Waals surface area contributed by atoms with Crippen molar-refractivity contribution in [3.05, 3.63) is 76.9 Å². The second-order valence-electron chi connectivity index (χ2n) is 9.94. The number of nitrogens with one attached hydrogen (secondary N) is 1. The lowest BCUT2D eigenvalue weighted by molar-refractivity contribution is 0.184. The van der Waals surface area contributed by atoms with E-state index in [1.165, 1.54) is 34.4 Å². The summed E-state index contributed by atoms with van der Waals surface area (Å²) in [5.41, 5.74) is 9.50. The van der Waals surface area contributed by atoms with Gasteiger partial charge in [-0.15, -0.1) is 11.3 Å². The fraction of sp³-hybridized carbons (Fsp3) is 0.345. The zero-order valence-electron chi connectivity index (χ0n) is 20.4. The SMILES string of the molecule is CCC(C)(C)[C@@H]1CCc2sc3ncnc(N/N=C(/C)c4ccc(-c5ccccc5)cc4)c3c2C1. The van der Waals surface area contributed by atoms with Crippen LogP contribution < -0.4 is 5.43 Å². The largest absolute Gasteiger partial charge is 0.260 e. The highest BCUT2D eigenvalue weighted by Gasteiger charge is 2.33. The highest BCUT2D eigenvalue weighted by Crippen LogP contribution is 2.45. The number of aryl methyl sites for hydroxylation is 1. The third-order valence-corrected chi connectivity index (χ3v) is 8.80. The van der Waals surface area contributed by atoms with Gasteiger partial charge >= 0.3 is 0 Å². The van der Waals surface area contributed by atoms with E-state index in [0.717, 1.165) is 40.2 Å². The lowest BCUT2D eigenvalue weighted by Gasteiger charge is -2.36. The van der Waals surface area contributed by atoms with Crippen molar-refractivity contribution in [2.45, 2.75) is 53.4 Å². The van der Waals surface area contributed by atoms with Gasteiger partial charge in [0.15, 0.2) is 5.82 Å². The predicted octanol–water partition coefficient (Wildman–Crippen LogP) is 7.74. The van der Waals surface area contributed by atoms with E-state index in [-0.39, 0.29) is 0 Å². The smallest absolute Gasteiger partial charge is 0.158 e. The second kappa shape index (κ2) is 9.30. The number of benzene rings is 2. The van der Waals surface area contributed by atoms with Crippen LogP contribution in [-0.2, 0) is 12.8 Å². The van der Waals surface area contributed by atoms with Crippen molar-refractivity contribution in [2.24, 2.45) is 16.4 Å². The van der Waals surface area contributed by atoms with Crippen LogP contribution >= 0.6 is 11.3 Å². The monoisotopic (exact) mass is 468 g/mol. The Labute approximate surface area is 206 Å². The normalized spacial score (nSPS) is 16.5. The Morgan fingerprint density at radius 2 is 1.79 bits per heavy atom. The molecular weight excluding hydrogens is 436 g/mol. The molecule has 0 saturated carbocycles. The maximum Gasteiger partial charge on any atom is 0.158 e. The molecule has 1 atom stereocenters. The van der Waals surface area contributed by atoms with Gasteiger partial charge in [-0.25, -0.2) is 9.97 Å². The van der Waals surface area contributed by atoms with Crippen LogP contribution in [0.25, 0.3) is 21.3 Å². The summed E-state index contributed by atoms with van der Waals surface area (Å²) in [4.78, 5) is 11.7. The summed E-state index contributed by atoms with van der Waals surface area (Å²) in [5.74, 6) is 1.50. The zero-order valence-corrected chi connectivity index (χ0v) is 21.2. The number of fused-ring (bicyclic) bond motifs is 3. The molecule has 1 aliphatic rings. The molecule has 1 aliphatic carbocycles. The van der Waals surface area contributed by atoms with Crippen LogP contribution in [0, 0.1) is 11.3 Å². The van der Waals surface area contributed by atoms with Gasteiger partial charge in [0.05, 0.1) is 11.1 Å². The molecule has 34 heavy (non-hydrogen) atoms. The van der Waals surface area contributed by atoms with Crippen molar-refractivity contribution in [3.8, 4) is 11.1 Å². The number of aromatic nitrogens is 2. The molecule has 0 saturated heterocycles. The molecule has 0 radical (unpaired) electrons. The van der Waals surface area contributed by atoms with Crippen molar-refractivity contribution < 1.29 is 0 Å². The first-order chi connectivity index (χ1) is 16.5. The maximum atomic E-state index is 4.71. The Balaban J connectivity index is 1.41. The fourth-order valence-corrected chi connectivity index (χ4v) is 6.07. The lowest BCUT2D eigenvalue weighted by atomic mass is 9.69. The van der Waals surface area contributed by atoms with Gasteiger partial charge in [0.2, 0.25) is 0 Å². The number of hydrogen-bond donors (Lipinski definition) is 1. The quantitative estimate of drug-likeness (QED) is 0.233. The van der Waals surface area contributed by atoms with Crippen molar-refractivity contribution in [1.29, 1.82) is 0 Å². The first kappa shape index (κ1) is 22.7. The first-order valence-electron chi connectivity index (χ1n) is 12.2. The molecule has 2 aromatic heterocycles. The van der Waals surface area contributed by atoms with Crippen molar-refractivity contribution in [3.63, 3.8) is 0 Å². The summed E-state index contributed by atoms with van der Waals surface area (Å²) >= 11 is 1.82. The molecule has 0 amide bonds. The molecule has 174 valence electrons. The highest BCUT2D eigenvalue weighted by molar-refractivity contribution is 7.19. The minimum Gasteiger partial charge on any atom is -0.260 e. The highest BCUT2D eigenvalue weighted by atomic mass is 32.1. The summed E-state index contributed by atoms with van der Waals surface area (Å²) in [5, 5.41) is 5.87. The van der Waals surface area contributed by atoms with Gasteiger partial charge < -0.3 is 0 Å². The van der Waals surface area contributed by atoms with Crippen LogP contribution in [0.3, 0.4) is 0 Å². The van der Waals surface area contributed by atoms with Crippen LogP contribution in [0.2, 0.25) is 0 Å². The Morgan fingerprint density at radius 3 is 2.53 bits per heavy atom. The van der Waals surface area contributed by atoms with Crippen molar-refractivity contribution >= 4 is 33.1 Å². The molecule has 5 heteroatoms. The van der Waals surface area contributed by atoms with Crippen LogP contribution in [0.4, 0.5) is 5.82 Å². The molecule has 0 bridgehead atoms. The van der Waals surface area contributed by atoms with E-state index in [9.17, 15) is 0 Å². The molecule has 4 aromatic rings.